The summed E-state index contributed by atoms with van der Waals surface area (Å²) in [6.45, 7) is 2.81. The Hall–Kier alpha value is -0.810. The highest BCUT2D eigenvalue weighted by molar-refractivity contribution is 5.79. The third-order valence-corrected chi connectivity index (χ3v) is 3.28. The van der Waals surface area contributed by atoms with E-state index in [9.17, 15) is 0 Å². The lowest BCUT2D eigenvalue weighted by atomic mass is 10.2. The summed E-state index contributed by atoms with van der Waals surface area (Å²) < 4.78 is 0. The van der Waals surface area contributed by atoms with Gasteiger partial charge in [0.2, 0.25) is 0 Å². The highest BCUT2D eigenvalue weighted by Gasteiger charge is 2.18. The molecule has 0 radical (unpaired) electrons. The first-order valence-corrected chi connectivity index (χ1v) is 6.11. The molecule has 1 aliphatic carbocycles. The van der Waals surface area contributed by atoms with Crippen LogP contribution >= 0.6 is 0 Å². The van der Waals surface area contributed by atoms with Gasteiger partial charge in [-0.25, -0.2) is 0 Å². The third-order valence-electron chi connectivity index (χ3n) is 3.28. The number of nitrogens with one attached hydrogen (secondary N) is 1. The molecule has 0 aromatic carbocycles. The van der Waals surface area contributed by atoms with Crippen LogP contribution in [0.5, 0.6) is 0 Å². The molecule has 0 aromatic rings. The van der Waals surface area contributed by atoms with Gasteiger partial charge in [-0.1, -0.05) is 18.0 Å². The van der Waals surface area contributed by atoms with Gasteiger partial charge in [-0.2, -0.15) is 0 Å². The van der Waals surface area contributed by atoms with Gasteiger partial charge in [0.05, 0.1) is 0 Å². The molecule has 94 valence electrons. The second-order valence-corrected chi connectivity index (χ2v) is 4.51. The number of hydrogen-bond acceptors (Lipinski definition) is 4. The standard InChI is InChI=1S/C11H24N4O/c1-15(10-4-2-3-5-10)9-8-13-7-6-11(12)14-16/h10,13,16H,2-9H2,1H3,(H2,12,14). The first-order valence-electron chi connectivity index (χ1n) is 6.11. The molecular weight excluding hydrogens is 204 g/mol. The van der Waals surface area contributed by atoms with Crippen LogP contribution in [0, 0.1) is 0 Å². The van der Waals surface area contributed by atoms with Crippen molar-refractivity contribution in [2.24, 2.45) is 10.9 Å². The fourth-order valence-electron chi connectivity index (χ4n) is 2.17. The monoisotopic (exact) mass is 228 g/mol. The fourth-order valence-corrected chi connectivity index (χ4v) is 2.17. The van der Waals surface area contributed by atoms with E-state index in [1.54, 1.807) is 0 Å². The summed E-state index contributed by atoms with van der Waals surface area (Å²) in [4.78, 5) is 2.43. The van der Waals surface area contributed by atoms with Crippen molar-refractivity contribution >= 4 is 5.84 Å². The van der Waals surface area contributed by atoms with Crippen LogP contribution in [0.3, 0.4) is 0 Å². The molecule has 0 aliphatic heterocycles. The molecule has 1 rings (SSSR count). The largest absolute Gasteiger partial charge is 0.409 e. The molecule has 0 atom stereocenters. The van der Waals surface area contributed by atoms with E-state index in [-0.39, 0.29) is 5.84 Å². The number of amidine groups is 1. The van der Waals surface area contributed by atoms with Crippen LogP contribution in [0.25, 0.3) is 0 Å². The third kappa shape index (κ3) is 4.81. The minimum absolute atomic E-state index is 0.289. The summed E-state index contributed by atoms with van der Waals surface area (Å²) in [5.74, 6) is 0.289. The van der Waals surface area contributed by atoms with Crippen LogP contribution in [-0.4, -0.2) is 48.7 Å². The van der Waals surface area contributed by atoms with Crippen LogP contribution in [0.1, 0.15) is 32.1 Å². The number of nitrogens with two attached hydrogens (primary N) is 1. The Morgan fingerprint density at radius 3 is 2.75 bits per heavy atom. The molecule has 0 aromatic heterocycles. The Labute approximate surface area is 97.7 Å². The highest BCUT2D eigenvalue weighted by Crippen LogP contribution is 2.21. The minimum atomic E-state index is 0.289. The van der Waals surface area contributed by atoms with E-state index in [1.165, 1.54) is 25.7 Å². The zero-order valence-electron chi connectivity index (χ0n) is 10.2. The van der Waals surface area contributed by atoms with Gasteiger partial charge >= 0.3 is 0 Å². The topological polar surface area (TPSA) is 73.9 Å². The van der Waals surface area contributed by atoms with Gasteiger partial charge in [-0.05, 0) is 19.9 Å². The van der Waals surface area contributed by atoms with E-state index < -0.39 is 0 Å². The average molecular weight is 228 g/mol. The smallest absolute Gasteiger partial charge is 0.140 e. The Bertz CT molecular complexity index is 214. The van der Waals surface area contributed by atoms with Crippen LogP contribution < -0.4 is 11.1 Å². The number of oxime groups is 1. The molecule has 0 spiro atoms. The molecule has 16 heavy (non-hydrogen) atoms. The number of nitrogens with zero attached hydrogens (tertiary/aromatic N) is 2. The van der Waals surface area contributed by atoms with Crippen molar-refractivity contribution in [1.29, 1.82) is 0 Å². The quantitative estimate of drug-likeness (QED) is 0.196. The maximum atomic E-state index is 8.35. The van der Waals surface area contributed by atoms with Crippen LogP contribution in [0.2, 0.25) is 0 Å². The molecule has 4 N–H and O–H groups in total. The Morgan fingerprint density at radius 2 is 2.12 bits per heavy atom. The molecule has 0 saturated heterocycles. The normalized spacial score (nSPS) is 18.5. The SMILES string of the molecule is CN(CCNCCC(N)=NO)C1CCCC1. The van der Waals surface area contributed by atoms with E-state index in [1.807, 2.05) is 0 Å². The molecule has 1 aliphatic rings. The van der Waals surface area contributed by atoms with Crippen LogP contribution in [-0.2, 0) is 0 Å². The summed E-state index contributed by atoms with van der Waals surface area (Å²) in [7, 11) is 2.20. The molecule has 0 bridgehead atoms. The zero-order valence-corrected chi connectivity index (χ0v) is 10.2. The number of likely N-dealkylation sites (N-methyl/N-ethyl adjacent to an activating group) is 1. The lowest BCUT2D eigenvalue weighted by molar-refractivity contribution is 0.246. The van der Waals surface area contributed by atoms with Gasteiger partial charge in [-0.3, -0.25) is 0 Å². The molecular formula is C11H24N4O. The molecule has 1 fully saturated rings. The van der Waals surface area contributed by atoms with Gasteiger partial charge in [0, 0.05) is 32.1 Å². The van der Waals surface area contributed by atoms with Crippen LogP contribution in [0.15, 0.2) is 5.16 Å². The summed E-state index contributed by atoms with van der Waals surface area (Å²) in [5.41, 5.74) is 5.36. The maximum absolute atomic E-state index is 8.35. The highest BCUT2D eigenvalue weighted by atomic mass is 16.4. The summed E-state index contributed by atoms with van der Waals surface area (Å²) in [6.07, 6.45) is 6.06. The van der Waals surface area contributed by atoms with Gasteiger partial charge in [0.1, 0.15) is 5.84 Å². The predicted octanol–water partition coefficient (Wildman–Crippen LogP) is 0.587. The fraction of sp³-hybridized carbons (Fsp3) is 0.909. The van der Waals surface area contributed by atoms with Crippen molar-refractivity contribution in [3.05, 3.63) is 0 Å². The maximum Gasteiger partial charge on any atom is 0.140 e. The van der Waals surface area contributed by atoms with E-state index in [4.69, 9.17) is 10.9 Å². The lowest BCUT2D eigenvalue weighted by Crippen LogP contribution is -2.36. The van der Waals surface area contributed by atoms with E-state index >= 15 is 0 Å². The van der Waals surface area contributed by atoms with Crippen molar-refractivity contribution in [3.8, 4) is 0 Å². The molecule has 5 heteroatoms. The van der Waals surface area contributed by atoms with E-state index in [0.717, 1.165) is 25.7 Å². The Kier molecular flexibility index (Phi) is 6.18. The summed E-state index contributed by atoms with van der Waals surface area (Å²) in [6, 6.07) is 0.783. The Morgan fingerprint density at radius 1 is 1.44 bits per heavy atom. The van der Waals surface area contributed by atoms with E-state index in [0.29, 0.717) is 6.42 Å². The van der Waals surface area contributed by atoms with Gasteiger partial charge < -0.3 is 21.2 Å². The van der Waals surface area contributed by atoms with Crippen LogP contribution in [0.4, 0.5) is 0 Å². The van der Waals surface area contributed by atoms with Gasteiger partial charge in [0.25, 0.3) is 0 Å². The molecule has 1 saturated carbocycles. The molecule has 0 unspecified atom stereocenters. The summed E-state index contributed by atoms with van der Waals surface area (Å²) >= 11 is 0. The minimum Gasteiger partial charge on any atom is -0.409 e. The lowest BCUT2D eigenvalue weighted by Gasteiger charge is -2.23. The molecule has 0 heterocycles. The molecule has 0 amide bonds. The van der Waals surface area contributed by atoms with Gasteiger partial charge in [0.15, 0.2) is 0 Å². The predicted molar refractivity (Wildman–Crippen MR) is 65.8 cm³/mol. The second kappa shape index (κ2) is 7.46. The first-order chi connectivity index (χ1) is 7.74. The average Bonchev–Trinajstić information content (AvgIpc) is 2.81. The molecule has 5 nitrogen and oxygen atoms in total. The zero-order chi connectivity index (χ0) is 11.8. The van der Waals surface area contributed by atoms with Crippen molar-refractivity contribution in [1.82, 2.24) is 10.2 Å². The first kappa shape index (κ1) is 13.3. The Balaban J connectivity index is 1.98. The van der Waals surface area contributed by atoms with Crippen molar-refractivity contribution in [2.45, 2.75) is 38.1 Å². The number of hydrogen-bond donors (Lipinski definition) is 3. The van der Waals surface area contributed by atoms with E-state index in [2.05, 4.69) is 22.4 Å². The number of rotatable bonds is 7. The summed E-state index contributed by atoms with van der Waals surface area (Å²) in [5, 5.41) is 14.6. The van der Waals surface area contributed by atoms with Crippen molar-refractivity contribution < 1.29 is 5.21 Å². The van der Waals surface area contributed by atoms with Crippen molar-refractivity contribution in [3.63, 3.8) is 0 Å². The second-order valence-electron chi connectivity index (χ2n) is 4.51. The van der Waals surface area contributed by atoms with Gasteiger partial charge in [-0.15, -0.1) is 0 Å². The van der Waals surface area contributed by atoms with Crippen molar-refractivity contribution in [2.75, 3.05) is 26.7 Å².